The lowest BCUT2D eigenvalue weighted by molar-refractivity contribution is 0.0760. The maximum atomic E-state index is 12.7. The van der Waals surface area contributed by atoms with Crippen LogP contribution in [-0.2, 0) is 6.54 Å². The summed E-state index contributed by atoms with van der Waals surface area (Å²) in [4.78, 5) is 16.9. The predicted octanol–water partition coefficient (Wildman–Crippen LogP) is 3.85. The van der Waals surface area contributed by atoms with E-state index in [1.165, 1.54) is 0 Å². The summed E-state index contributed by atoms with van der Waals surface area (Å²) in [5, 5.41) is 8.38. The number of carbonyl (C=O) groups is 1. The summed E-state index contributed by atoms with van der Waals surface area (Å²) in [6.07, 6.45) is 0.920. The minimum atomic E-state index is 0.0939. The zero-order valence-electron chi connectivity index (χ0n) is 15.4. The Labute approximate surface area is 172 Å². The lowest BCUT2D eigenvalue weighted by Crippen LogP contribution is -2.35. The summed E-state index contributed by atoms with van der Waals surface area (Å²) in [6, 6.07) is 17.2. The highest BCUT2D eigenvalue weighted by atomic mass is 79.9. The summed E-state index contributed by atoms with van der Waals surface area (Å²) < 4.78 is 6.79. The Morgan fingerprint density at radius 1 is 0.964 bits per heavy atom. The van der Waals surface area contributed by atoms with Crippen LogP contribution in [0, 0.1) is 0 Å². The van der Waals surface area contributed by atoms with Crippen LogP contribution in [0.5, 0.6) is 0 Å². The van der Waals surface area contributed by atoms with Gasteiger partial charge in [0.15, 0.2) is 0 Å². The average Bonchev–Trinajstić information content (AvgIpc) is 3.06. The van der Waals surface area contributed by atoms with Gasteiger partial charge in [-0.2, -0.15) is 0 Å². The molecular weight excluding hydrogens is 420 g/mol. The molecule has 0 unspecified atom stereocenters. The lowest BCUT2D eigenvalue weighted by Gasteiger charge is -2.21. The Hall–Kier alpha value is -2.51. The highest BCUT2D eigenvalue weighted by molar-refractivity contribution is 9.10. The average molecular weight is 441 g/mol. The first-order valence-electron chi connectivity index (χ1n) is 9.34. The molecule has 2 heterocycles. The van der Waals surface area contributed by atoms with E-state index in [-0.39, 0.29) is 5.91 Å². The van der Waals surface area contributed by atoms with Crippen LogP contribution < -0.4 is 0 Å². The van der Waals surface area contributed by atoms with Gasteiger partial charge in [0, 0.05) is 36.2 Å². The minimum absolute atomic E-state index is 0.0939. The van der Waals surface area contributed by atoms with Crippen LogP contribution in [0.25, 0.3) is 11.5 Å². The molecule has 4 rings (SSSR count). The molecule has 0 spiro atoms. The fourth-order valence-electron chi connectivity index (χ4n) is 3.35. The second kappa shape index (κ2) is 8.67. The van der Waals surface area contributed by atoms with E-state index >= 15 is 0 Å². The normalized spacial score (nSPS) is 15.4. The van der Waals surface area contributed by atoms with Gasteiger partial charge in [-0.25, -0.2) is 0 Å². The summed E-state index contributed by atoms with van der Waals surface area (Å²) >= 11 is 3.51. The van der Waals surface area contributed by atoms with Crippen LogP contribution in [0.15, 0.2) is 63.5 Å². The molecule has 1 aliphatic rings. The molecule has 0 aliphatic carbocycles. The summed E-state index contributed by atoms with van der Waals surface area (Å²) in [6.45, 7) is 3.72. The predicted molar refractivity (Wildman–Crippen MR) is 110 cm³/mol. The van der Waals surface area contributed by atoms with E-state index in [4.69, 9.17) is 4.42 Å². The number of amides is 1. The Morgan fingerprint density at radius 3 is 2.57 bits per heavy atom. The Kier molecular flexibility index (Phi) is 5.83. The molecule has 1 saturated heterocycles. The zero-order chi connectivity index (χ0) is 19.3. The van der Waals surface area contributed by atoms with Crippen LogP contribution in [0.4, 0.5) is 0 Å². The topological polar surface area (TPSA) is 62.5 Å². The molecule has 0 N–H and O–H groups in total. The van der Waals surface area contributed by atoms with Gasteiger partial charge in [-0.3, -0.25) is 9.69 Å². The number of halogens is 1. The molecule has 6 nitrogen and oxygen atoms in total. The van der Waals surface area contributed by atoms with Crippen molar-refractivity contribution < 1.29 is 9.21 Å². The molecule has 28 heavy (non-hydrogen) atoms. The lowest BCUT2D eigenvalue weighted by atomic mass is 10.2. The molecule has 7 heteroatoms. The van der Waals surface area contributed by atoms with Crippen molar-refractivity contribution in [1.82, 2.24) is 20.0 Å². The molecule has 2 aromatic carbocycles. The SMILES string of the molecule is O=C(c1ccccc1)N1CCCN(Cc2nnc(-c3ccccc3Br)o2)CC1. The van der Waals surface area contributed by atoms with Crippen molar-refractivity contribution in [3.8, 4) is 11.5 Å². The molecule has 1 amide bonds. The van der Waals surface area contributed by atoms with E-state index in [1.54, 1.807) is 0 Å². The van der Waals surface area contributed by atoms with Crippen LogP contribution in [0.3, 0.4) is 0 Å². The van der Waals surface area contributed by atoms with Gasteiger partial charge in [0.1, 0.15) is 0 Å². The standard InChI is InChI=1S/C21H21BrN4O2/c22-18-10-5-4-9-17(18)20-24-23-19(28-20)15-25-11-6-12-26(14-13-25)21(27)16-7-2-1-3-8-16/h1-5,7-10H,6,11-15H2. The van der Waals surface area contributed by atoms with Gasteiger partial charge in [-0.05, 0) is 46.6 Å². The van der Waals surface area contributed by atoms with E-state index in [9.17, 15) is 4.79 Å². The molecule has 0 bridgehead atoms. The minimum Gasteiger partial charge on any atom is -0.419 e. The number of rotatable bonds is 4. The summed E-state index contributed by atoms with van der Waals surface area (Å²) in [7, 11) is 0. The monoisotopic (exact) mass is 440 g/mol. The molecule has 1 aliphatic heterocycles. The molecule has 144 valence electrons. The molecule has 3 aromatic rings. The number of aromatic nitrogens is 2. The second-order valence-electron chi connectivity index (χ2n) is 6.77. The van der Waals surface area contributed by atoms with Gasteiger partial charge in [-0.15, -0.1) is 10.2 Å². The van der Waals surface area contributed by atoms with Crippen LogP contribution in [-0.4, -0.2) is 52.1 Å². The van der Waals surface area contributed by atoms with Gasteiger partial charge < -0.3 is 9.32 Å². The molecule has 0 atom stereocenters. The third kappa shape index (κ3) is 4.31. The fourth-order valence-corrected chi connectivity index (χ4v) is 3.80. The zero-order valence-corrected chi connectivity index (χ0v) is 17.0. The maximum absolute atomic E-state index is 12.7. The second-order valence-corrected chi connectivity index (χ2v) is 7.62. The first-order valence-corrected chi connectivity index (χ1v) is 10.1. The quantitative estimate of drug-likeness (QED) is 0.616. The Balaban J connectivity index is 1.38. The third-order valence-corrected chi connectivity index (χ3v) is 5.52. The molecule has 0 radical (unpaired) electrons. The van der Waals surface area contributed by atoms with Gasteiger partial charge in [0.2, 0.25) is 11.8 Å². The van der Waals surface area contributed by atoms with Crippen LogP contribution >= 0.6 is 15.9 Å². The van der Waals surface area contributed by atoms with E-state index in [0.717, 1.165) is 41.7 Å². The van der Waals surface area contributed by atoms with Gasteiger partial charge >= 0.3 is 0 Å². The van der Waals surface area contributed by atoms with Crippen molar-refractivity contribution >= 4 is 21.8 Å². The van der Waals surface area contributed by atoms with Crippen LogP contribution in [0.1, 0.15) is 22.7 Å². The number of hydrogen-bond donors (Lipinski definition) is 0. The summed E-state index contributed by atoms with van der Waals surface area (Å²) in [5.41, 5.74) is 1.63. The smallest absolute Gasteiger partial charge is 0.253 e. The number of nitrogens with zero attached hydrogens (tertiary/aromatic N) is 4. The fraction of sp³-hybridized carbons (Fsp3) is 0.286. The highest BCUT2D eigenvalue weighted by Crippen LogP contribution is 2.27. The number of hydrogen-bond acceptors (Lipinski definition) is 5. The maximum Gasteiger partial charge on any atom is 0.253 e. The van der Waals surface area contributed by atoms with E-state index < -0.39 is 0 Å². The van der Waals surface area contributed by atoms with Crippen molar-refractivity contribution in [3.63, 3.8) is 0 Å². The van der Waals surface area contributed by atoms with Crippen molar-refractivity contribution in [2.24, 2.45) is 0 Å². The Bertz CT molecular complexity index is 944. The van der Waals surface area contributed by atoms with Crippen molar-refractivity contribution in [2.45, 2.75) is 13.0 Å². The highest BCUT2D eigenvalue weighted by Gasteiger charge is 2.21. The number of carbonyl (C=O) groups excluding carboxylic acids is 1. The van der Waals surface area contributed by atoms with Gasteiger partial charge in [0.05, 0.1) is 12.1 Å². The van der Waals surface area contributed by atoms with Gasteiger partial charge in [-0.1, -0.05) is 30.3 Å². The van der Waals surface area contributed by atoms with Crippen molar-refractivity contribution in [3.05, 3.63) is 70.5 Å². The largest absolute Gasteiger partial charge is 0.419 e. The van der Waals surface area contributed by atoms with E-state index in [0.29, 0.717) is 24.9 Å². The van der Waals surface area contributed by atoms with E-state index in [2.05, 4.69) is 31.0 Å². The van der Waals surface area contributed by atoms with Crippen LogP contribution in [0.2, 0.25) is 0 Å². The Morgan fingerprint density at radius 2 is 1.75 bits per heavy atom. The van der Waals surface area contributed by atoms with E-state index in [1.807, 2.05) is 59.5 Å². The first-order chi connectivity index (χ1) is 13.7. The third-order valence-electron chi connectivity index (χ3n) is 4.83. The molecule has 1 fully saturated rings. The molecule has 1 aromatic heterocycles. The first kappa shape index (κ1) is 18.8. The molecule has 0 saturated carbocycles. The summed E-state index contributed by atoms with van der Waals surface area (Å²) in [5.74, 6) is 1.20. The number of benzene rings is 2. The van der Waals surface area contributed by atoms with Crippen molar-refractivity contribution in [2.75, 3.05) is 26.2 Å². The molecular formula is C21H21BrN4O2. The van der Waals surface area contributed by atoms with Crippen molar-refractivity contribution in [1.29, 1.82) is 0 Å². The van der Waals surface area contributed by atoms with Gasteiger partial charge in [0.25, 0.3) is 5.91 Å².